The van der Waals surface area contributed by atoms with E-state index in [0.717, 1.165) is 18.2 Å². The highest BCUT2D eigenvalue weighted by molar-refractivity contribution is 5.63. The van der Waals surface area contributed by atoms with Crippen LogP contribution < -0.4 is 5.73 Å². The quantitative estimate of drug-likeness (QED) is 0.816. The van der Waals surface area contributed by atoms with Crippen molar-refractivity contribution in [3.05, 3.63) is 36.7 Å². The standard InChI is InChI=1S/C14H17N3/c15-14-5-3-12(4-6-14)13-9-16-17(10-13)8-7-11-1-2-11/h3-6,9-11H,1-2,7-8,15H2. The molecule has 3 nitrogen and oxygen atoms in total. The summed E-state index contributed by atoms with van der Waals surface area (Å²) in [5.74, 6) is 0.958. The summed E-state index contributed by atoms with van der Waals surface area (Å²) < 4.78 is 2.05. The average molecular weight is 227 g/mol. The maximum atomic E-state index is 5.68. The third kappa shape index (κ3) is 2.49. The van der Waals surface area contributed by atoms with Crippen molar-refractivity contribution in [2.24, 2.45) is 5.92 Å². The van der Waals surface area contributed by atoms with Gasteiger partial charge >= 0.3 is 0 Å². The molecular formula is C14H17N3. The van der Waals surface area contributed by atoms with E-state index in [9.17, 15) is 0 Å². The van der Waals surface area contributed by atoms with E-state index in [-0.39, 0.29) is 0 Å². The zero-order valence-electron chi connectivity index (χ0n) is 9.84. The molecular weight excluding hydrogens is 210 g/mol. The molecule has 1 aromatic heterocycles. The average Bonchev–Trinajstić information content (AvgIpc) is 3.06. The highest BCUT2D eigenvalue weighted by Gasteiger charge is 2.20. The molecule has 1 saturated carbocycles. The molecule has 1 heterocycles. The Morgan fingerprint density at radius 3 is 2.65 bits per heavy atom. The number of nitrogen functional groups attached to an aromatic ring is 1. The van der Waals surface area contributed by atoms with Gasteiger partial charge in [0.2, 0.25) is 0 Å². The topological polar surface area (TPSA) is 43.8 Å². The van der Waals surface area contributed by atoms with Gasteiger partial charge in [-0.2, -0.15) is 5.10 Å². The van der Waals surface area contributed by atoms with Crippen molar-refractivity contribution < 1.29 is 0 Å². The van der Waals surface area contributed by atoms with Crippen LogP contribution in [0.2, 0.25) is 0 Å². The number of hydrogen-bond acceptors (Lipinski definition) is 2. The van der Waals surface area contributed by atoms with E-state index in [1.54, 1.807) is 0 Å². The summed E-state index contributed by atoms with van der Waals surface area (Å²) in [5, 5.41) is 4.40. The summed E-state index contributed by atoms with van der Waals surface area (Å²) in [6.07, 6.45) is 8.13. The van der Waals surface area contributed by atoms with Crippen LogP contribution in [-0.4, -0.2) is 9.78 Å². The van der Waals surface area contributed by atoms with Crippen LogP contribution >= 0.6 is 0 Å². The Balaban J connectivity index is 1.72. The van der Waals surface area contributed by atoms with E-state index < -0.39 is 0 Å². The Hall–Kier alpha value is -1.77. The monoisotopic (exact) mass is 227 g/mol. The second kappa shape index (κ2) is 4.24. The van der Waals surface area contributed by atoms with Crippen LogP contribution in [0.5, 0.6) is 0 Å². The van der Waals surface area contributed by atoms with E-state index in [2.05, 4.69) is 11.3 Å². The number of aromatic nitrogens is 2. The molecule has 1 aliphatic carbocycles. The highest BCUT2D eigenvalue weighted by atomic mass is 15.3. The summed E-state index contributed by atoms with van der Waals surface area (Å²) in [7, 11) is 0. The lowest BCUT2D eigenvalue weighted by atomic mass is 10.1. The molecule has 0 aliphatic heterocycles. The van der Waals surface area contributed by atoms with Gasteiger partial charge in [0.25, 0.3) is 0 Å². The van der Waals surface area contributed by atoms with Crippen LogP contribution in [0, 0.1) is 5.92 Å². The number of nitrogens with two attached hydrogens (primary N) is 1. The van der Waals surface area contributed by atoms with E-state index in [0.29, 0.717) is 0 Å². The third-order valence-electron chi connectivity index (χ3n) is 3.34. The molecule has 0 saturated heterocycles. The fourth-order valence-electron chi connectivity index (χ4n) is 2.03. The summed E-state index contributed by atoms with van der Waals surface area (Å²) in [6, 6.07) is 7.93. The van der Waals surface area contributed by atoms with Gasteiger partial charge < -0.3 is 5.73 Å². The van der Waals surface area contributed by atoms with Crippen molar-refractivity contribution >= 4 is 5.69 Å². The molecule has 0 radical (unpaired) electrons. The molecule has 1 fully saturated rings. The Bertz CT molecular complexity index is 494. The minimum absolute atomic E-state index is 0.801. The first-order valence-electron chi connectivity index (χ1n) is 6.19. The lowest BCUT2D eigenvalue weighted by Crippen LogP contribution is -1.98. The molecule has 3 heteroatoms. The molecule has 17 heavy (non-hydrogen) atoms. The second-order valence-corrected chi connectivity index (χ2v) is 4.85. The molecule has 0 bridgehead atoms. The van der Waals surface area contributed by atoms with Crippen LogP contribution in [0.25, 0.3) is 11.1 Å². The smallest absolute Gasteiger partial charge is 0.0568 e. The lowest BCUT2D eigenvalue weighted by Gasteiger charge is -1.99. The molecule has 0 amide bonds. The molecule has 0 unspecified atom stereocenters. The maximum absolute atomic E-state index is 5.68. The first-order valence-corrected chi connectivity index (χ1v) is 6.19. The molecule has 0 spiro atoms. The zero-order chi connectivity index (χ0) is 11.7. The minimum atomic E-state index is 0.801. The fourth-order valence-corrected chi connectivity index (χ4v) is 2.03. The number of nitrogens with zero attached hydrogens (tertiary/aromatic N) is 2. The van der Waals surface area contributed by atoms with Gasteiger partial charge in [-0.1, -0.05) is 25.0 Å². The van der Waals surface area contributed by atoms with Crippen molar-refractivity contribution in [2.75, 3.05) is 5.73 Å². The number of aryl methyl sites for hydroxylation is 1. The van der Waals surface area contributed by atoms with Crippen LogP contribution in [0.3, 0.4) is 0 Å². The van der Waals surface area contributed by atoms with Crippen LogP contribution in [0.4, 0.5) is 5.69 Å². The molecule has 2 aromatic rings. The fraction of sp³-hybridized carbons (Fsp3) is 0.357. The maximum Gasteiger partial charge on any atom is 0.0568 e. The van der Waals surface area contributed by atoms with Gasteiger partial charge in [0, 0.05) is 24.0 Å². The molecule has 0 atom stereocenters. The van der Waals surface area contributed by atoms with Gasteiger partial charge in [-0.3, -0.25) is 4.68 Å². The molecule has 2 N–H and O–H groups in total. The van der Waals surface area contributed by atoms with E-state index in [4.69, 9.17) is 5.73 Å². The van der Waals surface area contributed by atoms with Gasteiger partial charge in [-0.05, 0) is 30.0 Å². The summed E-state index contributed by atoms with van der Waals surface area (Å²) in [4.78, 5) is 0. The second-order valence-electron chi connectivity index (χ2n) is 4.85. The third-order valence-corrected chi connectivity index (χ3v) is 3.34. The van der Waals surface area contributed by atoms with Crippen molar-refractivity contribution in [1.29, 1.82) is 0 Å². The Morgan fingerprint density at radius 2 is 1.94 bits per heavy atom. The van der Waals surface area contributed by atoms with Crippen LogP contribution in [0.15, 0.2) is 36.7 Å². The van der Waals surface area contributed by atoms with E-state index in [1.807, 2.05) is 35.1 Å². The minimum Gasteiger partial charge on any atom is -0.399 e. The first kappa shape index (κ1) is 10.4. The summed E-state index contributed by atoms with van der Waals surface area (Å²) in [6.45, 7) is 1.04. The van der Waals surface area contributed by atoms with Crippen LogP contribution in [0.1, 0.15) is 19.3 Å². The number of anilines is 1. The van der Waals surface area contributed by atoms with Gasteiger partial charge in [-0.25, -0.2) is 0 Å². The predicted octanol–water partition coefficient (Wildman–Crippen LogP) is 2.93. The number of rotatable bonds is 4. The summed E-state index contributed by atoms with van der Waals surface area (Å²) >= 11 is 0. The zero-order valence-corrected chi connectivity index (χ0v) is 9.84. The molecule has 1 aliphatic rings. The van der Waals surface area contributed by atoms with Crippen molar-refractivity contribution in [2.45, 2.75) is 25.8 Å². The largest absolute Gasteiger partial charge is 0.399 e. The number of benzene rings is 1. The normalized spacial score (nSPS) is 15.1. The van der Waals surface area contributed by atoms with Gasteiger partial charge in [0.1, 0.15) is 0 Å². The Labute approximate surface area is 101 Å². The SMILES string of the molecule is Nc1ccc(-c2cnn(CCC3CC3)c2)cc1. The first-order chi connectivity index (χ1) is 8.31. The summed E-state index contributed by atoms with van der Waals surface area (Å²) in [5.41, 5.74) is 8.82. The predicted molar refractivity (Wildman–Crippen MR) is 69.4 cm³/mol. The Kier molecular flexibility index (Phi) is 2.59. The molecule has 88 valence electrons. The van der Waals surface area contributed by atoms with Crippen LogP contribution in [-0.2, 0) is 6.54 Å². The highest BCUT2D eigenvalue weighted by Crippen LogP contribution is 2.32. The van der Waals surface area contributed by atoms with E-state index >= 15 is 0 Å². The van der Waals surface area contributed by atoms with Gasteiger partial charge in [0.05, 0.1) is 6.20 Å². The van der Waals surface area contributed by atoms with Crippen molar-refractivity contribution in [1.82, 2.24) is 9.78 Å². The Morgan fingerprint density at radius 1 is 1.18 bits per heavy atom. The van der Waals surface area contributed by atoms with Crippen molar-refractivity contribution in [3.8, 4) is 11.1 Å². The number of hydrogen-bond donors (Lipinski definition) is 1. The van der Waals surface area contributed by atoms with Gasteiger partial charge in [0.15, 0.2) is 0 Å². The van der Waals surface area contributed by atoms with Crippen molar-refractivity contribution in [3.63, 3.8) is 0 Å². The lowest BCUT2D eigenvalue weighted by molar-refractivity contribution is 0.547. The molecule has 1 aromatic carbocycles. The molecule has 3 rings (SSSR count). The van der Waals surface area contributed by atoms with Gasteiger partial charge in [-0.15, -0.1) is 0 Å². The van der Waals surface area contributed by atoms with E-state index in [1.165, 1.54) is 30.4 Å².